The van der Waals surface area contributed by atoms with Gasteiger partial charge in [0.2, 0.25) is 0 Å². The van der Waals surface area contributed by atoms with Gasteiger partial charge in [-0.25, -0.2) is 9.98 Å². The highest BCUT2D eigenvalue weighted by molar-refractivity contribution is 14.0. The van der Waals surface area contributed by atoms with Gasteiger partial charge in [0.15, 0.2) is 5.96 Å². The third-order valence-electron chi connectivity index (χ3n) is 4.28. The Kier molecular flexibility index (Phi) is 11.8. The van der Waals surface area contributed by atoms with E-state index in [1.165, 1.54) is 4.88 Å². The first-order chi connectivity index (χ1) is 13.5. The van der Waals surface area contributed by atoms with Crippen molar-refractivity contribution in [1.82, 2.24) is 20.9 Å². The van der Waals surface area contributed by atoms with Gasteiger partial charge >= 0.3 is 0 Å². The van der Waals surface area contributed by atoms with Crippen LogP contribution in [0, 0.1) is 13.8 Å². The number of halogens is 1. The van der Waals surface area contributed by atoms with Crippen molar-refractivity contribution in [1.29, 1.82) is 0 Å². The molecule has 0 spiro atoms. The molecule has 2 rings (SSSR count). The lowest BCUT2D eigenvalue weighted by molar-refractivity contribution is 0.0953. The van der Waals surface area contributed by atoms with E-state index >= 15 is 0 Å². The average Bonchev–Trinajstić information content (AvgIpc) is 3.02. The van der Waals surface area contributed by atoms with E-state index in [0.717, 1.165) is 48.2 Å². The minimum Gasteiger partial charge on any atom is -0.357 e. The van der Waals surface area contributed by atoms with E-state index in [4.69, 9.17) is 0 Å². The van der Waals surface area contributed by atoms with Crippen molar-refractivity contribution in [2.75, 3.05) is 13.1 Å². The van der Waals surface area contributed by atoms with Crippen LogP contribution in [0.2, 0.25) is 0 Å². The van der Waals surface area contributed by atoms with Crippen LogP contribution in [0.15, 0.2) is 29.3 Å². The second kappa shape index (κ2) is 13.5. The van der Waals surface area contributed by atoms with Crippen LogP contribution in [0.1, 0.15) is 58.2 Å². The van der Waals surface area contributed by atoms with Crippen LogP contribution in [-0.2, 0) is 13.1 Å². The number of aryl methyl sites for hydroxylation is 2. The number of nitrogens with one attached hydrogen (secondary N) is 3. The zero-order chi connectivity index (χ0) is 20.4. The first-order valence-corrected chi connectivity index (χ1v) is 10.7. The van der Waals surface area contributed by atoms with Gasteiger partial charge in [-0.2, -0.15) is 0 Å². The molecule has 0 aliphatic carbocycles. The number of guanidine groups is 1. The topological polar surface area (TPSA) is 78.4 Å². The Morgan fingerprint density at radius 1 is 1.10 bits per heavy atom. The number of amides is 1. The molecule has 0 unspecified atom stereocenters. The summed E-state index contributed by atoms with van der Waals surface area (Å²) < 4.78 is 0. The molecule has 0 saturated carbocycles. The minimum absolute atomic E-state index is 0. The zero-order valence-electron chi connectivity index (χ0n) is 17.7. The Morgan fingerprint density at radius 2 is 1.83 bits per heavy atom. The predicted molar refractivity (Wildman–Crippen MR) is 132 cm³/mol. The number of benzene rings is 1. The summed E-state index contributed by atoms with van der Waals surface area (Å²) in [5.41, 5.74) is 2.83. The van der Waals surface area contributed by atoms with E-state index in [1.54, 1.807) is 11.3 Å². The number of nitrogens with zero attached hydrogens (tertiary/aromatic N) is 2. The number of carbonyl (C=O) groups is 1. The lowest BCUT2D eigenvalue weighted by atomic mass is 10.1. The predicted octanol–water partition coefficient (Wildman–Crippen LogP) is 4.16. The van der Waals surface area contributed by atoms with Gasteiger partial charge in [0, 0.05) is 23.5 Å². The Bertz CT molecular complexity index is 769. The number of thiazole rings is 1. The van der Waals surface area contributed by atoms with E-state index in [2.05, 4.69) is 39.8 Å². The summed E-state index contributed by atoms with van der Waals surface area (Å²) in [6.07, 6.45) is 2.07. The second-order valence-electron chi connectivity index (χ2n) is 6.60. The normalized spacial score (nSPS) is 11.0. The molecule has 1 amide bonds. The van der Waals surface area contributed by atoms with Gasteiger partial charge in [-0.3, -0.25) is 4.79 Å². The average molecular weight is 529 g/mol. The molecule has 2 aromatic rings. The fraction of sp³-hybridized carbons (Fsp3) is 0.476. The molecular weight excluding hydrogens is 497 g/mol. The number of rotatable bonds is 9. The largest absolute Gasteiger partial charge is 0.357 e. The number of unbranched alkanes of at least 4 members (excludes halogenated alkanes) is 1. The molecule has 1 aromatic heterocycles. The van der Waals surface area contributed by atoms with Crippen LogP contribution in [-0.4, -0.2) is 29.9 Å². The van der Waals surface area contributed by atoms with Gasteiger partial charge in [0.25, 0.3) is 5.91 Å². The molecule has 1 heterocycles. The lowest BCUT2D eigenvalue weighted by Crippen LogP contribution is -2.36. The molecular formula is C21H32IN5OS. The van der Waals surface area contributed by atoms with Gasteiger partial charge < -0.3 is 16.0 Å². The third kappa shape index (κ3) is 8.69. The monoisotopic (exact) mass is 529 g/mol. The van der Waals surface area contributed by atoms with Crippen molar-refractivity contribution >= 4 is 47.2 Å². The second-order valence-corrected chi connectivity index (χ2v) is 7.89. The number of hydrogen-bond donors (Lipinski definition) is 3. The van der Waals surface area contributed by atoms with E-state index in [1.807, 2.05) is 38.1 Å². The van der Waals surface area contributed by atoms with E-state index in [9.17, 15) is 4.79 Å². The molecule has 0 radical (unpaired) electrons. The maximum absolute atomic E-state index is 12.1. The Balaban J connectivity index is 0.00000420. The summed E-state index contributed by atoms with van der Waals surface area (Å²) in [7, 11) is 0. The number of carbonyl (C=O) groups excluding carboxylic acids is 1. The highest BCUT2D eigenvalue weighted by atomic mass is 127. The van der Waals surface area contributed by atoms with Gasteiger partial charge in [0.05, 0.1) is 18.8 Å². The fourth-order valence-corrected chi connectivity index (χ4v) is 3.40. The standard InChI is InChI=1S/C21H31N5OS.HI/c1-5-7-12-23-20(27)18-10-8-17(9-11-18)13-24-21(22-6-2)25-14-19-26-15(3)16(4)28-19;/h8-11H,5-7,12-14H2,1-4H3,(H,23,27)(H2,22,24,25);1H. The molecule has 0 atom stereocenters. The van der Waals surface area contributed by atoms with Crippen molar-refractivity contribution in [3.05, 3.63) is 51.0 Å². The molecule has 0 bridgehead atoms. The minimum atomic E-state index is -0.0208. The third-order valence-corrected chi connectivity index (χ3v) is 5.35. The van der Waals surface area contributed by atoms with Gasteiger partial charge in [-0.05, 0) is 44.9 Å². The first-order valence-electron chi connectivity index (χ1n) is 9.85. The van der Waals surface area contributed by atoms with Crippen molar-refractivity contribution < 1.29 is 4.79 Å². The van der Waals surface area contributed by atoms with Crippen LogP contribution < -0.4 is 16.0 Å². The molecule has 0 fully saturated rings. The van der Waals surface area contributed by atoms with Crippen molar-refractivity contribution in [3.63, 3.8) is 0 Å². The molecule has 0 aliphatic heterocycles. The van der Waals surface area contributed by atoms with Crippen molar-refractivity contribution in [2.45, 2.75) is 53.6 Å². The number of hydrogen-bond acceptors (Lipinski definition) is 4. The molecule has 8 heteroatoms. The number of aliphatic imine (C=N–C) groups is 1. The van der Waals surface area contributed by atoms with Crippen LogP contribution in [0.4, 0.5) is 0 Å². The molecule has 0 saturated heterocycles. The number of aromatic nitrogens is 1. The fourth-order valence-electron chi connectivity index (χ4n) is 2.53. The molecule has 160 valence electrons. The molecule has 0 aliphatic rings. The van der Waals surface area contributed by atoms with Crippen LogP contribution in [0.3, 0.4) is 0 Å². The summed E-state index contributed by atoms with van der Waals surface area (Å²) in [5.74, 6) is 0.738. The summed E-state index contributed by atoms with van der Waals surface area (Å²) in [6.45, 7) is 11.0. The van der Waals surface area contributed by atoms with Gasteiger partial charge in [0.1, 0.15) is 5.01 Å². The highest BCUT2D eigenvalue weighted by Crippen LogP contribution is 2.15. The van der Waals surface area contributed by atoms with Crippen molar-refractivity contribution in [3.8, 4) is 0 Å². The van der Waals surface area contributed by atoms with Gasteiger partial charge in [-0.15, -0.1) is 35.3 Å². The van der Waals surface area contributed by atoms with Crippen LogP contribution in [0.5, 0.6) is 0 Å². The van der Waals surface area contributed by atoms with Gasteiger partial charge in [-0.1, -0.05) is 25.5 Å². The SMILES string of the molecule is CCCCNC(=O)c1ccc(CN=C(NCC)NCc2nc(C)c(C)s2)cc1.I. The summed E-state index contributed by atoms with van der Waals surface area (Å²) in [5, 5.41) is 10.6. The maximum Gasteiger partial charge on any atom is 0.251 e. The summed E-state index contributed by atoms with van der Waals surface area (Å²) >= 11 is 1.71. The zero-order valence-corrected chi connectivity index (χ0v) is 20.8. The van der Waals surface area contributed by atoms with Crippen molar-refractivity contribution in [2.24, 2.45) is 4.99 Å². The van der Waals surface area contributed by atoms with E-state index in [0.29, 0.717) is 18.7 Å². The van der Waals surface area contributed by atoms with Crippen LogP contribution >= 0.6 is 35.3 Å². The highest BCUT2D eigenvalue weighted by Gasteiger charge is 2.06. The molecule has 3 N–H and O–H groups in total. The molecule has 6 nitrogen and oxygen atoms in total. The molecule has 29 heavy (non-hydrogen) atoms. The Morgan fingerprint density at radius 3 is 2.41 bits per heavy atom. The Labute approximate surface area is 195 Å². The summed E-state index contributed by atoms with van der Waals surface area (Å²) in [6, 6.07) is 7.62. The van der Waals surface area contributed by atoms with E-state index in [-0.39, 0.29) is 29.9 Å². The molecule has 1 aromatic carbocycles. The van der Waals surface area contributed by atoms with Crippen LogP contribution in [0.25, 0.3) is 0 Å². The summed E-state index contributed by atoms with van der Waals surface area (Å²) in [4.78, 5) is 22.5. The smallest absolute Gasteiger partial charge is 0.251 e. The maximum atomic E-state index is 12.1. The lowest BCUT2D eigenvalue weighted by Gasteiger charge is -2.10. The quantitative estimate of drug-likeness (QED) is 0.197. The Hall–Kier alpha value is -1.68. The first kappa shape index (κ1) is 25.4. The van der Waals surface area contributed by atoms with E-state index < -0.39 is 0 Å².